The Bertz CT molecular complexity index is 1280. The first-order valence-corrected chi connectivity index (χ1v) is 8.58. The van der Waals surface area contributed by atoms with Crippen molar-refractivity contribution in [1.29, 1.82) is 0 Å². The number of H-pyrrole nitrogens is 1. The zero-order chi connectivity index (χ0) is 20.5. The van der Waals surface area contributed by atoms with Crippen LogP contribution in [0.5, 0.6) is 17.2 Å². The molecule has 0 radical (unpaired) electrons. The molecule has 2 heterocycles. The molecule has 0 aliphatic heterocycles. The molecule has 4 aromatic rings. The molecule has 9 heteroatoms. The van der Waals surface area contributed by atoms with Crippen molar-refractivity contribution in [3.05, 3.63) is 58.4 Å². The molecular formula is C20H17FN4O4. The van der Waals surface area contributed by atoms with Crippen LogP contribution in [0.1, 0.15) is 5.56 Å². The van der Waals surface area contributed by atoms with E-state index in [4.69, 9.17) is 14.2 Å². The quantitative estimate of drug-likeness (QED) is 0.524. The fourth-order valence-electron chi connectivity index (χ4n) is 3.11. The van der Waals surface area contributed by atoms with Gasteiger partial charge in [-0.2, -0.15) is 9.78 Å². The number of halogens is 1. The van der Waals surface area contributed by atoms with Crippen molar-refractivity contribution in [2.24, 2.45) is 5.10 Å². The predicted octanol–water partition coefficient (Wildman–Crippen LogP) is 2.92. The fourth-order valence-corrected chi connectivity index (χ4v) is 3.11. The van der Waals surface area contributed by atoms with E-state index < -0.39 is 11.4 Å². The van der Waals surface area contributed by atoms with Crippen molar-refractivity contribution in [3.63, 3.8) is 0 Å². The molecule has 0 unspecified atom stereocenters. The summed E-state index contributed by atoms with van der Waals surface area (Å²) in [4.78, 5) is 20.0. The summed E-state index contributed by atoms with van der Waals surface area (Å²) in [5, 5.41) is 4.73. The number of fused-ring (bicyclic) bond motifs is 3. The van der Waals surface area contributed by atoms with Crippen LogP contribution in [-0.2, 0) is 0 Å². The molecular weight excluding hydrogens is 379 g/mol. The molecule has 1 N–H and O–H groups in total. The van der Waals surface area contributed by atoms with Crippen LogP contribution < -0.4 is 19.8 Å². The number of hydrogen-bond donors (Lipinski definition) is 1. The molecule has 0 aliphatic rings. The molecule has 0 amide bonds. The third-order valence-electron chi connectivity index (χ3n) is 4.47. The van der Waals surface area contributed by atoms with Crippen molar-refractivity contribution in [3.8, 4) is 17.2 Å². The Morgan fingerprint density at radius 1 is 1.10 bits per heavy atom. The van der Waals surface area contributed by atoms with E-state index in [9.17, 15) is 9.18 Å². The number of methoxy groups -OCH3 is 3. The molecule has 0 spiro atoms. The molecule has 0 fully saturated rings. The minimum atomic E-state index is -0.407. The zero-order valence-corrected chi connectivity index (χ0v) is 15.9. The second kappa shape index (κ2) is 7.27. The summed E-state index contributed by atoms with van der Waals surface area (Å²) in [5.41, 5.74) is 1.48. The molecule has 0 atom stereocenters. The second-order valence-electron chi connectivity index (χ2n) is 6.14. The van der Waals surface area contributed by atoms with E-state index >= 15 is 0 Å². The van der Waals surface area contributed by atoms with Gasteiger partial charge < -0.3 is 19.2 Å². The summed E-state index contributed by atoms with van der Waals surface area (Å²) in [6.45, 7) is 0. The smallest absolute Gasteiger partial charge is 0.298 e. The summed E-state index contributed by atoms with van der Waals surface area (Å²) in [7, 11) is 4.54. The van der Waals surface area contributed by atoms with E-state index in [0.717, 1.165) is 4.68 Å². The third-order valence-corrected chi connectivity index (χ3v) is 4.47. The van der Waals surface area contributed by atoms with Crippen molar-refractivity contribution >= 4 is 28.2 Å². The van der Waals surface area contributed by atoms with E-state index in [-0.39, 0.29) is 5.52 Å². The predicted molar refractivity (Wildman–Crippen MR) is 107 cm³/mol. The highest BCUT2D eigenvalue weighted by Gasteiger charge is 2.13. The van der Waals surface area contributed by atoms with Crippen molar-refractivity contribution in [2.75, 3.05) is 21.3 Å². The molecule has 2 aromatic carbocycles. The van der Waals surface area contributed by atoms with E-state index in [0.29, 0.717) is 39.2 Å². The molecule has 4 rings (SSSR count). The Morgan fingerprint density at radius 2 is 1.83 bits per heavy atom. The maximum absolute atomic E-state index is 13.5. The first-order chi connectivity index (χ1) is 14.0. The molecule has 2 aromatic heterocycles. The number of aromatic nitrogens is 3. The van der Waals surface area contributed by atoms with E-state index in [1.165, 1.54) is 46.0 Å². The monoisotopic (exact) mass is 396 g/mol. The lowest BCUT2D eigenvalue weighted by atomic mass is 10.2. The normalized spacial score (nSPS) is 11.4. The summed E-state index contributed by atoms with van der Waals surface area (Å²) in [5.74, 6) is 0.987. The Morgan fingerprint density at radius 3 is 2.48 bits per heavy atom. The van der Waals surface area contributed by atoms with Gasteiger partial charge in [-0.3, -0.25) is 4.79 Å². The van der Waals surface area contributed by atoms with Crippen LogP contribution in [-0.4, -0.2) is 42.2 Å². The molecule has 0 aliphatic carbocycles. The van der Waals surface area contributed by atoms with Gasteiger partial charge in [-0.1, -0.05) is 0 Å². The van der Waals surface area contributed by atoms with Gasteiger partial charge in [0.25, 0.3) is 5.56 Å². The van der Waals surface area contributed by atoms with Crippen LogP contribution in [0.4, 0.5) is 4.39 Å². The van der Waals surface area contributed by atoms with Gasteiger partial charge >= 0.3 is 0 Å². The minimum Gasteiger partial charge on any atom is -0.493 e. The number of nitrogens with one attached hydrogen (secondary N) is 1. The lowest BCUT2D eigenvalue weighted by Crippen LogP contribution is -2.17. The van der Waals surface area contributed by atoms with Crippen LogP contribution in [0, 0.1) is 5.82 Å². The lowest BCUT2D eigenvalue weighted by molar-refractivity contribution is 0.324. The highest BCUT2D eigenvalue weighted by Crippen LogP contribution is 2.37. The van der Waals surface area contributed by atoms with Crippen LogP contribution in [0.3, 0.4) is 0 Å². The number of nitrogens with zero attached hydrogens (tertiary/aromatic N) is 3. The van der Waals surface area contributed by atoms with Crippen LogP contribution in [0.15, 0.2) is 46.6 Å². The van der Waals surface area contributed by atoms with Gasteiger partial charge in [-0.15, -0.1) is 0 Å². The van der Waals surface area contributed by atoms with E-state index in [1.807, 2.05) is 0 Å². The van der Waals surface area contributed by atoms with Crippen LogP contribution in [0.2, 0.25) is 0 Å². The first-order valence-electron chi connectivity index (χ1n) is 8.58. The minimum absolute atomic E-state index is 0.246. The van der Waals surface area contributed by atoms with Gasteiger partial charge in [-0.05, 0) is 30.3 Å². The largest absolute Gasteiger partial charge is 0.493 e. The van der Waals surface area contributed by atoms with Crippen LogP contribution >= 0.6 is 0 Å². The Kier molecular flexibility index (Phi) is 4.63. The maximum atomic E-state index is 13.5. The molecule has 0 bridgehead atoms. The highest BCUT2D eigenvalue weighted by molar-refractivity contribution is 6.04. The summed E-state index contributed by atoms with van der Waals surface area (Å²) in [6, 6.07) is 7.62. The third kappa shape index (κ3) is 3.16. The molecule has 0 saturated heterocycles. The number of rotatable bonds is 5. The average Bonchev–Trinajstić information content (AvgIpc) is 3.11. The highest BCUT2D eigenvalue weighted by atomic mass is 19.1. The molecule has 148 valence electrons. The van der Waals surface area contributed by atoms with Crippen molar-refractivity contribution in [2.45, 2.75) is 0 Å². The molecule has 8 nitrogen and oxygen atoms in total. The van der Waals surface area contributed by atoms with Gasteiger partial charge in [0.1, 0.15) is 23.2 Å². The lowest BCUT2D eigenvalue weighted by Gasteiger charge is -2.12. The number of aromatic amines is 1. The van der Waals surface area contributed by atoms with Crippen molar-refractivity contribution < 1.29 is 18.6 Å². The summed E-state index contributed by atoms with van der Waals surface area (Å²) in [6.07, 6.45) is 2.76. The first kappa shape index (κ1) is 18.5. The average molecular weight is 396 g/mol. The van der Waals surface area contributed by atoms with E-state index in [1.54, 1.807) is 18.2 Å². The topological polar surface area (TPSA) is 90.7 Å². The summed E-state index contributed by atoms with van der Waals surface area (Å²) >= 11 is 0. The van der Waals surface area contributed by atoms with Crippen LogP contribution in [0.25, 0.3) is 21.9 Å². The second-order valence-corrected chi connectivity index (χ2v) is 6.14. The summed E-state index contributed by atoms with van der Waals surface area (Å²) < 4.78 is 30.5. The van der Waals surface area contributed by atoms with Gasteiger partial charge in [0, 0.05) is 16.5 Å². The Hall–Kier alpha value is -3.88. The number of ether oxygens (including phenoxy) is 3. The Balaban J connectivity index is 1.78. The molecule has 29 heavy (non-hydrogen) atoms. The molecule has 0 saturated carbocycles. The van der Waals surface area contributed by atoms with Gasteiger partial charge in [0.15, 0.2) is 11.5 Å². The standard InChI is InChI=1S/C20H17FN4O4/c1-27-15-6-11(7-16(28-2)19(15)29-3)9-23-25-10-22-17-13-8-12(21)4-5-14(13)24-18(17)20(25)26/h4-10,24H,1-3H3/b23-9-. The van der Waals surface area contributed by atoms with Gasteiger partial charge in [0.05, 0.1) is 27.5 Å². The van der Waals surface area contributed by atoms with E-state index in [2.05, 4.69) is 15.1 Å². The number of benzene rings is 2. The number of hydrogen-bond acceptors (Lipinski definition) is 6. The van der Waals surface area contributed by atoms with Gasteiger partial charge in [-0.25, -0.2) is 9.37 Å². The zero-order valence-electron chi connectivity index (χ0n) is 15.9. The Labute approximate surface area is 164 Å². The van der Waals surface area contributed by atoms with Gasteiger partial charge in [0.2, 0.25) is 5.75 Å². The fraction of sp³-hybridized carbons (Fsp3) is 0.150. The van der Waals surface area contributed by atoms with Crippen molar-refractivity contribution in [1.82, 2.24) is 14.6 Å². The maximum Gasteiger partial charge on any atom is 0.298 e. The SMILES string of the molecule is COc1cc(/C=N\n2cnc3c([nH]c4ccc(F)cc43)c2=O)cc(OC)c1OC.